The van der Waals surface area contributed by atoms with Crippen molar-refractivity contribution in [2.75, 3.05) is 6.61 Å². The van der Waals surface area contributed by atoms with Crippen LogP contribution in [0, 0.1) is 0 Å². The van der Waals surface area contributed by atoms with E-state index in [1.807, 2.05) is 0 Å². The molecule has 110 valence electrons. The minimum absolute atomic E-state index is 2.62. The van der Waals surface area contributed by atoms with Crippen LogP contribution in [0.25, 0.3) is 0 Å². The first kappa shape index (κ1) is 18.2. The van der Waals surface area contributed by atoms with Gasteiger partial charge in [-0.05, 0) is 22.5 Å². The molecule has 0 aromatic carbocycles. The summed E-state index contributed by atoms with van der Waals surface area (Å²) in [6.45, 7) is -2.62. The summed E-state index contributed by atoms with van der Waals surface area (Å²) in [4.78, 5) is 0. The highest BCUT2D eigenvalue weighted by Crippen LogP contribution is 2.59. The molecule has 0 radical (unpaired) electrons. The average Bonchev–Trinajstić information content (AvgIpc) is 2.13. The lowest BCUT2D eigenvalue weighted by molar-refractivity contribution is -0.342. The van der Waals surface area contributed by atoms with Crippen molar-refractivity contribution in [3.05, 3.63) is 0 Å². The minimum atomic E-state index is -6.45. The summed E-state index contributed by atoms with van der Waals surface area (Å²) in [5.74, 6) is -18.5. The van der Waals surface area contributed by atoms with E-state index in [2.05, 4.69) is 27.0 Å². The predicted molar refractivity (Wildman–Crippen MR) is 46.1 cm³/mol. The highest BCUT2D eigenvalue weighted by Gasteiger charge is 2.75. The van der Waals surface area contributed by atoms with E-state index in [9.17, 15) is 39.7 Å². The molecule has 0 amide bonds. The zero-order chi connectivity index (χ0) is 15.0. The molecule has 0 saturated carbocycles. The summed E-state index contributed by atoms with van der Waals surface area (Å²) in [5, 5.41) is 0. The van der Waals surface area contributed by atoms with Gasteiger partial charge in [0, 0.05) is 0 Å². The maximum atomic E-state index is 12.7. The molecule has 0 aliphatic heterocycles. The van der Waals surface area contributed by atoms with Gasteiger partial charge < -0.3 is 0 Å². The molecule has 0 saturated heterocycles. The maximum absolute atomic E-state index is 12.7. The normalized spacial score (nSPS) is 15.3. The van der Waals surface area contributed by atoms with Gasteiger partial charge in [-0.15, -0.1) is 0 Å². The summed E-state index contributed by atoms with van der Waals surface area (Å²) in [6.07, 6.45) is -9.75. The Labute approximate surface area is 104 Å². The molecule has 0 aliphatic rings. The summed E-state index contributed by atoms with van der Waals surface area (Å²) in [7, 11) is 0. The predicted octanol–water partition coefficient (Wildman–Crippen LogP) is 4.76. The van der Waals surface area contributed by atoms with E-state index in [0.29, 0.717) is 0 Å². The van der Waals surface area contributed by atoms with Gasteiger partial charge in [0.05, 0.1) is 0 Å². The summed E-state index contributed by atoms with van der Waals surface area (Å²) < 4.78 is 112. The van der Waals surface area contributed by atoms with Crippen molar-refractivity contribution >= 4 is 28.6 Å². The van der Waals surface area contributed by atoms with Crippen LogP contribution >= 0.6 is 28.6 Å². The van der Waals surface area contributed by atoms with E-state index in [1.54, 1.807) is 0 Å². The fraction of sp³-hybridized carbons (Fsp3) is 1.00. The van der Waals surface area contributed by atoms with E-state index >= 15 is 0 Å². The van der Waals surface area contributed by atoms with Gasteiger partial charge in [-0.25, -0.2) is 8.78 Å². The summed E-state index contributed by atoms with van der Waals surface area (Å²) >= 11 is 9.10. The molecule has 0 heterocycles. The zero-order valence-electron chi connectivity index (χ0n) is 7.83. The lowest BCUT2D eigenvalue weighted by Gasteiger charge is -2.31. The third kappa shape index (κ3) is 3.85. The van der Waals surface area contributed by atoms with Gasteiger partial charge in [0.1, 0.15) is 6.61 Å². The molecule has 0 aromatic rings. The SMILES string of the molecule is O=P(Cl)(Cl)OCC(F)(F)C(F)(F)C(F)(F)C(F)F. The molecule has 18 heavy (non-hydrogen) atoms. The molecule has 2 nitrogen and oxygen atoms in total. The quantitative estimate of drug-likeness (QED) is 0.511. The highest BCUT2D eigenvalue weighted by atomic mass is 35.9. The van der Waals surface area contributed by atoms with E-state index < -0.39 is 36.9 Å². The Morgan fingerprint density at radius 2 is 1.44 bits per heavy atom. The molecule has 0 bridgehead atoms. The molecule has 0 aromatic heterocycles. The van der Waals surface area contributed by atoms with Gasteiger partial charge in [-0.2, -0.15) is 26.3 Å². The third-order valence-electron chi connectivity index (χ3n) is 1.55. The van der Waals surface area contributed by atoms with Gasteiger partial charge in [-0.3, -0.25) is 9.09 Å². The summed E-state index contributed by atoms with van der Waals surface area (Å²) in [6, 6.07) is 0. The Morgan fingerprint density at radius 1 is 1.06 bits per heavy atom. The molecule has 0 rings (SSSR count). The second-order valence-corrected chi connectivity index (χ2v) is 7.17. The molecule has 0 spiro atoms. The van der Waals surface area contributed by atoms with Crippen molar-refractivity contribution in [1.29, 1.82) is 0 Å². The van der Waals surface area contributed by atoms with Gasteiger partial charge in [0.2, 0.25) is 0 Å². The number of alkyl halides is 8. The average molecular weight is 349 g/mol. The molecule has 0 aliphatic carbocycles. The Hall–Kier alpha value is 0.210. The van der Waals surface area contributed by atoms with Crippen molar-refractivity contribution in [3.63, 3.8) is 0 Å². The second kappa shape index (κ2) is 5.30. The van der Waals surface area contributed by atoms with Gasteiger partial charge >= 0.3 is 30.3 Å². The van der Waals surface area contributed by atoms with Crippen molar-refractivity contribution in [3.8, 4) is 0 Å². The third-order valence-corrected chi connectivity index (χ3v) is 2.56. The van der Waals surface area contributed by atoms with Crippen LogP contribution in [0.3, 0.4) is 0 Å². The first-order chi connectivity index (χ1) is 7.65. The van der Waals surface area contributed by atoms with Gasteiger partial charge in [0.25, 0.3) is 0 Å². The maximum Gasteiger partial charge on any atom is 0.380 e. The lowest BCUT2D eigenvalue weighted by atomic mass is 10.1. The van der Waals surface area contributed by atoms with Gasteiger partial charge in [-0.1, -0.05) is 0 Å². The molecular weight excluding hydrogens is 346 g/mol. The second-order valence-electron chi connectivity index (χ2n) is 2.89. The number of halogens is 10. The van der Waals surface area contributed by atoms with Crippen LogP contribution in [0.1, 0.15) is 0 Å². The van der Waals surface area contributed by atoms with Crippen molar-refractivity contribution < 1.29 is 44.2 Å². The molecule has 0 fully saturated rings. The fourth-order valence-electron chi connectivity index (χ4n) is 0.628. The van der Waals surface area contributed by atoms with Crippen LogP contribution in [0.15, 0.2) is 0 Å². The number of hydrogen-bond donors (Lipinski definition) is 0. The topological polar surface area (TPSA) is 26.3 Å². The number of rotatable bonds is 6. The first-order valence-corrected chi connectivity index (χ1v) is 7.14. The van der Waals surface area contributed by atoms with E-state index in [-0.39, 0.29) is 0 Å². The lowest BCUT2D eigenvalue weighted by Crippen LogP contribution is -2.59. The Kier molecular flexibility index (Phi) is 5.36. The van der Waals surface area contributed by atoms with Crippen molar-refractivity contribution in [1.82, 2.24) is 0 Å². The van der Waals surface area contributed by atoms with Crippen LogP contribution in [-0.2, 0) is 9.09 Å². The molecule has 0 atom stereocenters. The van der Waals surface area contributed by atoms with E-state index in [1.165, 1.54) is 0 Å². The smallest absolute Gasteiger partial charge is 0.300 e. The van der Waals surface area contributed by atoms with Crippen molar-refractivity contribution in [2.24, 2.45) is 0 Å². The van der Waals surface area contributed by atoms with Crippen LogP contribution in [0.2, 0.25) is 0 Å². The van der Waals surface area contributed by atoms with Crippen LogP contribution < -0.4 is 0 Å². The van der Waals surface area contributed by atoms with E-state index in [0.717, 1.165) is 0 Å². The van der Waals surface area contributed by atoms with Gasteiger partial charge in [0.15, 0.2) is 0 Å². The Balaban J connectivity index is 5.14. The standard InChI is InChI=1S/C5H3Cl2F8O2P/c6-18(7,16)17-1-3(10,11)5(14,15)4(12,13)2(8)9/h2H,1H2. The largest absolute Gasteiger partial charge is 0.380 e. The molecule has 0 unspecified atom stereocenters. The van der Waals surface area contributed by atoms with Crippen LogP contribution in [-0.4, -0.2) is 30.8 Å². The summed E-state index contributed by atoms with van der Waals surface area (Å²) in [5.41, 5.74) is 0. The molecule has 13 heteroatoms. The Bertz CT molecular complexity index is 342. The minimum Gasteiger partial charge on any atom is -0.300 e. The number of hydrogen-bond acceptors (Lipinski definition) is 2. The highest BCUT2D eigenvalue weighted by molar-refractivity contribution is 8.05. The van der Waals surface area contributed by atoms with Crippen LogP contribution in [0.5, 0.6) is 0 Å². The zero-order valence-corrected chi connectivity index (χ0v) is 10.2. The molecule has 0 N–H and O–H groups in total. The fourth-order valence-corrected chi connectivity index (χ4v) is 1.23. The van der Waals surface area contributed by atoms with Crippen molar-refractivity contribution in [2.45, 2.75) is 24.2 Å². The Morgan fingerprint density at radius 3 is 1.72 bits per heavy atom. The monoisotopic (exact) mass is 348 g/mol. The molecular formula is C5H3Cl2F8O2P. The van der Waals surface area contributed by atoms with Crippen LogP contribution in [0.4, 0.5) is 35.1 Å². The van der Waals surface area contributed by atoms with E-state index in [4.69, 9.17) is 0 Å². The first-order valence-electron chi connectivity index (χ1n) is 3.70.